The highest BCUT2D eigenvalue weighted by atomic mass is 35.5. The average Bonchev–Trinajstić information content (AvgIpc) is 2.10. The summed E-state index contributed by atoms with van der Waals surface area (Å²) >= 11 is 5.51. The molecule has 0 aliphatic rings. The molecule has 0 spiro atoms. The van der Waals surface area contributed by atoms with Crippen LogP contribution in [0, 0.1) is 0 Å². The molecule has 0 aromatic heterocycles. The minimum absolute atomic E-state index is 0.138. The molecule has 0 aliphatic carbocycles. The Hall–Kier alpha value is -1.08. The molecule has 1 N–H and O–H groups in total. The van der Waals surface area contributed by atoms with Crippen LogP contribution in [0.1, 0.15) is 0 Å². The first kappa shape index (κ1) is 12.0. The fourth-order valence-corrected chi connectivity index (χ4v) is 1.05. The summed E-state index contributed by atoms with van der Waals surface area (Å²) in [5, 5.41) is 7.92. The molecule has 0 aliphatic heterocycles. The van der Waals surface area contributed by atoms with Crippen molar-refractivity contribution >= 4 is 19.3 Å². The van der Waals surface area contributed by atoms with Gasteiger partial charge in [-0.2, -0.15) is 0 Å². The molecule has 0 amide bonds. The smallest absolute Gasteiger partial charge is 0.536 e. The van der Waals surface area contributed by atoms with Gasteiger partial charge in [-0.05, 0) is 12.1 Å². The zero-order valence-electron chi connectivity index (χ0n) is 7.08. The van der Waals surface area contributed by atoms with E-state index in [1.807, 2.05) is 0 Å². The summed E-state index contributed by atoms with van der Waals surface area (Å²) < 4.78 is 43.6. The summed E-state index contributed by atoms with van der Waals surface area (Å²) in [5.41, 5.74) is 0. The maximum Gasteiger partial charge on any atom is 0.573 e. The molecule has 81 valence electrons. The highest BCUT2D eigenvalue weighted by Crippen LogP contribution is 2.36. The quantitative estimate of drug-likeness (QED) is 0.821. The van der Waals surface area contributed by atoms with Crippen LogP contribution in [-0.2, 0) is 0 Å². The van der Waals surface area contributed by atoms with Crippen LogP contribution >= 0.6 is 11.6 Å². The van der Waals surface area contributed by atoms with Gasteiger partial charge in [-0.3, -0.25) is 0 Å². The summed E-state index contributed by atoms with van der Waals surface area (Å²) in [5.74, 6) is -0.732. The lowest BCUT2D eigenvalue weighted by molar-refractivity contribution is -0.274. The predicted molar refractivity (Wildman–Crippen MR) is 46.7 cm³/mol. The lowest BCUT2D eigenvalue weighted by atomic mass is 10.3. The molecule has 0 saturated heterocycles. The van der Waals surface area contributed by atoms with Crippen LogP contribution in [0.5, 0.6) is 11.5 Å². The minimum Gasteiger partial charge on any atom is -0.536 e. The van der Waals surface area contributed by atoms with Gasteiger partial charge in [0.25, 0.3) is 0 Å². The number of halogens is 4. The maximum atomic E-state index is 11.9. The van der Waals surface area contributed by atoms with Crippen molar-refractivity contribution in [3.05, 3.63) is 23.2 Å². The molecule has 0 fully saturated rings. The lowest BCUT2D eigenvalue weighted by Crippen LogP contribution is -2.17. The largest absolute Gasteiger partial charge is 0.573 e. The Morgan fingerprint density at radius 1 is 1.27 bits per heavy atom. The van der Waals surface area contributed by atoms with Crippen molar-refractivity contribution in [3.8, 4) is 11.5 Å². The number of hydrogen-bond acceptors (Lipinski definition) is 3. The van der Waals surface area contributed by atoms with E-state index in [-0.39, 0.29) is 10.8 Å². The van der Waals surface area contributed by atoms with Crippen LogP contribution in [-0.4, -0.2) is 19.1 Å². The Morgan fingerprint density at radius 2 is 1.87 bits per heavy atom. The van der Waals surface area contributed by atoms with Crippen LogP contribution in [0.25, 0.3) is 0 Å². The maximum absolute atomic E-state index is 11.9. The molecule has 0 saturated carbocycles. The minimum atomic E-state index is -4.83. The number of benzene rings is 1. The van der Waals surface area contributed by atoms with Crippen molar-refractivity contribution in [2.75, 3.05) is 0 Å². The number of ether oxygens (including phenoxy) is 1. The van der Waals surface area contributed by atoms with Crippen molar-refractivity contribution in [1.82, 2.24) is 0 Å². The van der Waals surface area contributed by atoms with Crippen molar-refractivity contribution in [2.45, 2.75) is 6.36 Å². The van der Waals surface area contributed by atoms with Gasteiger partial charge in [-0.25, -0.2) is 0 Å². The summed E-state index contributed by atoms with van der Waals surface area (Å²) in [7, 11) is 0.304. The van der Waals surface area contributed by atoms with E-state index in [0.717, 1.165) is 6.07 Å². The predicted octanol–water partition coefficient (Wildman–Crippen LogP) is 2.14. The van der Waals surface area contributed by atoms with Crippen LogP contribution < -0.4 is 9.39 Å². The molecule has 1 radical (unpaired) electrons. The second-order valence-corrected chi connectivity index (χ2v) is 2.72. The molecule has 0 atom stereocenters. The van der Waals surface area contributed by atoms with Crippen LogP contribution in [0.2, 0.25) is 5.02 Å². The summed E-state index contributed by atoms with van der Waals surface area (Å²) in [6, 6.07) is 3.55. The van der Waals surface area contributed by atoms with E-state index in [1.165, 1.54) is 12.1 Å². The first-order valence-corrected chi connectivity index (χ1v) is 3.98. The zero-order chi connectivity index (χ0) is 11.5. The Morgan fingerprint density at radius 3 is 2.40 bits per heavy atom. The van der Waals surface area contributed by atoms with Gasteiger partial charge in [-0.1, -0.05) is 17.7 Å². The van der Waals surface area contributed by atoms with Crippen molar-refractivity contribution in [2.24, 2.45) is 0 Å². The SMILES string of the molecule is O[B]Oc1cccc(OC(F)(F)F)c1Cl. The van der Waals surface area contributed by atoms with Gasteiger partial charge < -0.3 is 14.4 Å². The van der Waals surface area contributed by atoms with Crippen LogP contribution in [0.3, 0.4) is 0 Å². The molecule has 0 unspecified atom stereocenters. The van der Waals surface area contributed by atoms with E-state index in [4.69, 9.17) is 16.6 Å². The average molecular weight is 239 g/mol. The second kappa shape index (κ2) is 4.63. The molecule has 1 aromatic rings. The van der Waals surface area contributed by atoms with E-state index in [1.54, 1.807) is 0 Å². The van der Waals surface area contributed by atoms with E-state index in [2.05, 4.69) is 9.39 Å². The molecule has 3 nitrogen and oxygen atoms in total. The first-order valence-electron chi connectivity index (χ1n) is 3.61. The van der Waals surface area contributed by atoms with Gasteiger partial charge in [-0.15, -0.1) is 13.2 Å². The van der Waals surface area contributed by atoms with Gasteiger partial charge in [0.2, 0.25) is 0 Å². The zero-order valence-corrected chi connectivity index (χ0v) is 7.84. The Labute approximate surface area is 88.7 Å². The number of rotatable bonds is 3. The highest BCUT2D eigenvalue weighted by molar-refractivity contribution is 6.34. The Bertz CT molecular complexity index is 345. The topological polar surface area (TPSA) is 38.7 Å². The van der Waals surface area contributed by atoms with E-state index < -0.39 is 12.1 Å². The summed E-state index contributed by atoms with van der Waals surface area (Å²) in [6.45, 7) is 0. The molecule has 1 aromatic carbocycles. The van der Waals surface area contributed by atoms with E-state index in [9.17, 15) is 13.2 Å². The standard InChI is InChI=1S/C7H4BClF3O3/c9-6-4(14-7(10,11)12)2-1-3-5(6)15-8-13/h1-3,13H. The van der Waals surface area contributed by atoms with Crippen LogP contribution in [0.4, 0.5) is 13.2 Å². The molecule has 1 rings (SSSR count). The monoisotopic (exact) mass is 239 g/mol. The molecule has 8 heteroatoms. The lowest BCUT2D eigenvalue weighted by Gasteiger charge is -2.12. The third-order valence-corrected chi connectivity index (χ3v) is 1.71. The molecular formula is C7H4BClF3O3. The van der Waals surface area contributed by atoms with Gasteiger partial charge in [0, 0.05) is 0 Å². The highest BCUT2D eigenvalue weighted by Gasteiger charge is 2.32. The normalized spacial score (nSPS) is 11.0. The number of hydrogen-bond donors (Lipinski definition) is 1. The third-order valence-electron chi connectivity index (χ3n) is 1.33. The molecule has 15 heavy (non-hydrogen) atoms. The van der Waals surface area contributed by atoms with Gasteiger partial charge in [0.1, 0.15) is 10.8 Å². The van der Waals surface area contributed by atoms with Crippen molar-refractivity contribution < 1.29 is 27.6 Å². The molecule has 0 heterocycles. The Balaban J connectivity index is 2.94. The second-order valence-electron chi connectivity index (χ2n) is 2.34. The fraction of sp³-hybridized carbons (Fsp3) is 0.143. The molecular weight excluding hydrogens is 235 g/mol. The van der Waals surface area contributed by atoms with E-state index >= 15 is 0 Å². The van der Waals surface area contributed by atoms with Gasteiger partial charge in [0.05, 0.1) is 0 Å². The van der Waals surface area contributed by atoms with Crippen molar-refractivity contribution in [3.63, 3.8) is 0 Å². The fourth-order valence-electron chi connectivity index (χ4n) is 0.842. The third kappa shape index (κ3) is 3.52. The first-order chi connectivity index (χ1) is 6.94. The van der Waals surface area contributed by atoms with Crippen molar-refractivity contribution in [1.29, 1.82) is 0 Å². The molecule has 0 bridgehead atoms. The summed E-state index contributed by atoms with van der Waals surface area (Å²) in [4.78, 5) is 0. The van der Waals surface area contributed by atoms with Gasteiger partial charge in [0.15, 0.2) is 5.75 Å². The Kier molecular flexibility index (Phi) is 3.70. The van der Waals surface area contributed by atoms with Crippen LogP contribution in [0.15, 0.2) is 18.2 Å². The van der Waals surface area contributed by atoms with Gasteiger partial charge >= 0.3 is 14.0 Å². The number of alkyl halides is 3. The van der Waals surface area contributed by atoms with E-state index in [0.29, 0.717) is 7.69 Å². The summed E-state index contributed by atoms with van der Waals surface area (Å²) in [6.07, 6.45) is -4.83.